The molecule has 1 aliphatic carbocycles. The molecular weight excluding hydrogens is 436 g/mol. The highest BCUT2D eigenvalue weighted by Gasteiger charge is 2.36. The third kappa shape index (κ3) is 4.93. The van der Waals surface area contributed by atoms with Crippen molar-refractivity contribution in [2.75, 3.05) is 11.5 Å². The number of nitrogens with one attached hydrogen (secondary N) is 1. The first-order valence-electron chi connectivity index (χ1n) is 11.8. The van der Waals surface area contributed by atoms with Crippen LogP contribution >= 0.6 is 11.8 Å². The lowest BCUT2D eigenvalue weighted by molar-refractivity contribution is -0.123. The number of fused-ring (bicyclic) bond motifs is 2. The van der Waals surface area contributed by atoms with Crippen molar-refractivity contribution in [3.05, 3.63) is 53.6 Å². The number of esters is 1. The van der Waals surface area contributed by atoms with Crippen molar-refractivity contribution in [2.24, 2.45) is 0 Å². The standard InChI is InChI=1S/C26H30N2O4S/c1-3-20(24(29)27-18-10-6-5-7-11-18)28-21-16-17(26(31)32-4-2)14-15-23(21)33-22-13-9-8-12-19(22)25(28)30/h8-9,12-16,18,20H,3-7,10-11H2,1-2H3,(H,27,29)/t20-/m1/s1. The fraction of sp³-hybridized carbons (Fsp3) is 0.423. The summed E-state index contributed by atoms with van der Waals surface area (Å²) < 4.78 is 5.18. The molecule has 174 valence electrons. The van der Waals surface area contributed by atoms with Crippen LogP contribution in [0.2, 0.25) is 0 Å². The summed E-state index contributed by atoms with van der Waals surface area (Å²) in [5.74, 6) is -0.822. The van der Waals surface area contributed by atoms with Gasteiger partial charge in [0.1, 0.15) is 6.04 Å². The van der Waals surface area contributed by atoms with Crippen LogP contribution in [-0.4, -0.2) is 36.5 Å². The van der Waals surface area contributed by atoms with Crippen LogP contribution in [0, 0.1) is 0 Å². The number of amides is 2. The summed E-state index contributed by atoms with van der Waals surface area (Å²) in [5, 5.41) is 3.19. The van der Waals surface area contributed by atoms with E-state index >= 15 is 0 Å². The van der Waals surface area contributed by atoms with E-state index in [-0.39, 0.29) is 24.5 Å². The quantitative estimate of drug-likeness (QED) is 0.592. The Morgan fingerprint density at radius 1 is 1.09 bits per heavy atom. The number of ether oxygens (including phenoxy) is 1. The second-order valence-electron chi connectivity index (χ2n) is 8.44. The maximum absolute atomic E-state index is 13.8. The zero-order valence-electron chi connectivity index (χ0n) is 19.1. The van der Waals surface area contributed by atoms with E-state index in [1.165, 1.54) is 18.2 Å². The van der Waals surface area contributed by atoms with E-state index in [0.29, 0.717) is 23.2 Å². The average molecular weight is 467 g/mol. The number of hydrogen-bond donors (Lipinski definition) is 1. The number of carbonyl (C=O) groups is 3. The predicted octanol–water partition coefficient (Wildman–Crippen LogP) is 5.20. The zero-order chi connectivity index (χ0) is 23.4. The molecule has 2 aromatic carbocycles. The molecule has 0 bridgehead atoms. The minimum Gasteiger partial charge on any atom is -0.462 e. The third-order valence-corrected chi connectivity index (χ3v) is 7.38. The normalized spacial score (nSPS) is 16.9. The molecule has 1 aliphatic heterocycles. The van der Waals surface area contributed by atoms with E-state index in [9.17, 15) is 14.4 Å². The lowest BCUT2D eigenvalue weighted by Gasteiger charge is -2.32. The summed E-state index contributed by atoms with van der Waals surface area (Å²) in [4.78, 5) is 42.9. The van der Waals surface area contributed by atoms with E-state index in [1.54, 1.807) is 30.0 Å². The van der Waals surface area contributed by atoms with Crippen molar-refractivity contribution >= 4 is 35.2 Å². The molecule has 1 heterocycles. The summed E-state index contributed by atoms with van der Waals surface area (Å²) in [5.41, 5.74) is 1.49. The lowest BCUT2D eigenvalue weighted by atomic mass is 9.95. The van der Waals surface area contributed by atoms with Gasteiger partial charge in [-0.15, -0.1) is 0 Å². The van der Waals surface area contributed by atoms with Gasteiger partial charge in [-0.25, -0.2) is 4.79 Å². The van der Waals surface area contributed by atoms with Gasteiger partial charge in [0.2, 0.25) is 5.91 Å². The number of carbonyl (C=O) groups excluding carboxylic acids is 3. The van der Waals surface area contributed by atoms with Crippen LogP contribution in [0.5, 0.6) is 0 Å². The van der Waals surface area contributed by atoms with Crippen LogP contribution in [-0.2, 0) is 9.53 Å². The molecule has 1 atom stereocenters. The lowest BCUT2D eigenvalue weighted by Crippen LogP contribution is -2.52. The Bertz CT molecular complexity index is 1050. The van der Waals surface area contributed by atoms with E-state index in [2.05, 4.69) is 5.32 Å². The molecule has 1 fully saturated rings. The van der Waals surface area contributed by atoms with Gasteiger partial charge in [0.05, 0.1) is 23.4 Å². The van der Waals surface area contributed by atoms with Crippen LogP contribution < -0.4 is 10.2 Å². The average Bonchev–Trinajstić information content (AvgIpc) is 2.95. The van der Waals surface area contributed by atoms with Gasteiger partial charge in [0, 0.05) is 15.8 Å². The Morgan fingerprint density at radius 2 is 1.85 bits per heavy atom. The van der Waals surface area contributed by atoms with Crippen molar-refractivity contribution in [1.82, 2.24) is 5.32 Å². The summed E-state index contributed by atoms with van der Waals surface area (Å²) in [6.45, 7) is 3.93. The summed E-state index contributed by atoms with van der Waals surface area (Å²) in [7, 11) is 0. The summed E-state index contributed by atoms with van der Waals surface area (Å²) in [6, 6.07) is 12.1. The molecule has 0 aromatic heterocycles. The Morgan fingerprint density at radius 3 is 2.58 bits per heavy atom. The molecule has 2 aromatic rings. The van der Waals surface area contributed by atoms with Crippen molar-refractivity contribution in [3.8, 4) is 0 Å². The highest BCUT2D eigenvalue weighted by molar-refractivity contribution is 7.99. The number of anilines is 1. The maximum Gasteiger partial charge on any atom is 0.338 e. The Hall–Kier alpha value is -2.80. The molecule has 33 heavy (non-hydrogen) atoms. The van der Waals surface area contributed by atoms with Crippen LogP contribution in [0.1, 0.15) is 73.1 Å². The predicted molar refractivity (Wildman–Crippen MR) is 129 cm³/mol. The van der Waals surface area contributed by atoms with Gasteiger partial charge >= 0.3 is 5.97 Å². The van der Waals surface area contributed by atoms with Crippen molar-refractivity contribution in [1.29, 1.82) is 0 Å². The van der Waals surface area contributed by atoms with Crippen molar-refractivity contribution in [3.63, 3.8) is 0 Å². The van der Waals surface area contributed by atoms with Crippen LogP contribution in [0.15, 0.2) is 52.3 Å². The molecule has 0 unspecified atom stereocenters. The Balaban J connectivity index is 1.76. The molecule has 6 nitrogen and oxygen atoms in total. The molecule has 1 N–H and O–H groups in total. The third-order valence-electron chi connectivity index (χ3n) is 6.24. The van der Waals surface area contributed by atoms with Gasteiger partial charge in [0.25, 0.3) is 5.91 Å². The van der Waals surface area contributed by atoms with Crippen molar-refractivity contribution in [2.45, 2.75) is 74.2 Å². The van der Waals surface area contributed by atoms with E-state index in [0.717, 1.165) is 35.5 Å². The molecule has 0 spiro atoms. The molecule has 2 aliphatic rings. The molecule has 7 heteroatoms. The minimum atomic E-state index is -0.678. The van der Waals surface area contributed by atoms with Gasteiger partial charge in [-0.1, -0.05) is 50.1 Å². The maximum atomic E-state index is 13.8. The largest absolute Gasteiger partial charge is 0.462 e. The van der Waals surface area contributed by atoms with Gasteiger partial charge in [-0.2, -0.15) is 0 Å². The first-order valence-corrected chi connectivity index (χ1v) is 12.6. The Labute approximate surface area is 199 Å². The van der Waals surface area contributed by atoms with Crippen LogP contribution in [0.25, 0.3) is 0 Å². The first-order chi connectivity index (χ1) is 16.0. The smallest absolute Gasteiger partial charge is 0.338 e. The fourth-order valence-electron chi connectivity index (χ4n) is 4.56. The monoisotopic (exact) mass is 466 g/mol. The van der Waals surface area contributed by atoms with Gasteiger partial charge in [-0.3, -0.25) is 14.5 Å². The zero-order valence-corrected chi connectivity index (χ0v) is 20.0. The molecule has 4 rings (SSSR count). The van der Waals surface area contributed by atoms with Gasteiger partial charge in [0.15, 0.2) is 0 Å². The SMILES string of the molecule is CCOC(=O)c1ccc2c(c1)N([C@H](CC)C(=O)NC1CCCCC1)C(=O)c1ccccc1S2. The van der Waals surface area contributed by atoms with E-state index < -0.39 is 12.0 Å². The van der Waals surface area contributed by atoms with E-state index in [1.807, 2.05) is 31.2 Å². The van der Waals surface area contributed by atoms with Gasteiger partial charge in [-0.05, 0) is 56.5 Å². The summed E-state index contributed by atoms with van der Waals surface area (Å²) >= 11 is 1.47. The minimum absolute atomic E-state index is 0.144. The second-order valence-corrected chi connectivity index (χ2v) is 9.53. The first kappa shape index (κ1) is 23.4. The molecule has 0 saturated heterocycles. The Kier molecular flexibility index (Phi) is 7.38. The number of rotatable bonds is 6. The molecule has 0 radical (unpaired) electrons. The number of benzene rings is 2. The highest BCUT2D eigenvalue weighted by Crippen LogP contribution is 2.43. The van der Waals surface area contributed by atoms with Gasteiger partial charge < -0.3 is 10.1 Å². The highest BCUT2D eigenvalue weighted by atomic mass is 32.2. The van der Waals surface area contributed by atoms with Crippen LogP contribution in [0.4, 0.5) is 5.69 Å². The van der Waals surface area contributed by atoms with Crippen molar-refractivity contribution < 1.29 is 19.1 Å². The fourth-order valence-corrected chi connectivity index (χ4v) is 5.61. The van der Waals surface area contributed by atoms with E-state index in [4.69, 9.17) is 4.74 Å². The molecule has 1 saturated carbocycles. The summed E-state index contributed by atoms with van der Waals surface area (Å²) in [6.07, 6.45) is 5.82. The molecule has 2 amide bonds. The topological polar surface area (TPSA) is 75.7 Å². The number of hydrogen-bond acceptors (Lipinski definition) is 5. The number of nitrogens with zero attached hydrogens (tertiary/aromatic N) is 1. The second kappa shape index (κ2) is 10.4. The van der Waals surface area contributed by atoms with Crippen LogP contribution in [0.3, 0.4) is 0 Å². The molecular formula is C26H30N2O4S.